The van der Waals surface area contributed by atoms with E-state index in [-0.39, 0.29) is 29.6 Å². The maximum atomic E-state index is 13.1. The molecule has 3 fully saturated rings. The number of fused-ring (bicyclic) bond motifs is 3. The summed E-state index contributed by atoms with van der Waals surface area (Å²) in [4.78, 5) is 25.8. The average Bonchev–Trinajstić information content (AvgIpc) is 2.94. The van der Waals surface area contributed by atoms with Crippen molar-refractivity contribution in [2.24, 2.45) is 24.8 Å². The predicted molar refractivity (Wildman–Crippen MR) is 108 cm³/mol. The molecular weight excluding hydrogens is 368 g/mol. The maximum absolute atomic E-state index is 13.1. The lowest BCUT2D eigenvalue weighted by molar-refractivity contribution is -0.142. The van der Waals surface area contributed by atoms with Crippen LogP contribution in [0, 0.1) is 31.6 Å². The number of amides is 2. The van der Waals surface area contributed by atoms with Crippen LogP contribution >= 0.6 is 0 Å². The molecule has 6 rings (SSSR count). The molecule has 2 aromatic rings. The number of hydrogen-bond acceptors (Lipinski definition) is 4. The smallest absolute Gasteiger partial charge is 0.258 e. The monoisotopic (exact) mass is 394 g/mol. The van der Waals surface area contributed by atoms with Crippen molar-refractivity contribution >= 4 is 17.5 Å². The van der Waals surface area contributed by atoms with Crippen LogP contribution in [-0.2, 0) is 11.8 Å². The highest BCUT2D eigenvalue weighted by Gasteiger charge is 2.57. The van der Waals surface area contributed by atoms with E-state index in [0.717, 1.165) is 36.3 Å². The van der Waals surface area contributed by atoms with Crippen molar-refractivity contribution in [3.8, 4) is 5.75 Å². The third kappa shape index (κ3) is 2.74. The van der Waals surface area contributed by atoms with Crippen molar-refractivity contribution in [1.82, 2.24) is 15.1 Å². The predicted octanol–water partition coefficient (Wildman–Crippen LogP) is 2.93. The molecule has 3 aliphatic carbocycles. The Labute approximate surface area is 169 Å². The van der Waals surface area contributed by atoms with Crippen molar-refractivity contribution in [3.05, 3.63) is 41.2 Å². The fourth-order valence-electron chi connectivity index (χ4n) is 5.45. The minimum absolute atomic E-state index is 0.0521. The van der Waals surface area contributed by atoms with Gasteiger partial charge in [0.1, 0.15) is 5.75 Å². The first-order valence-corrected chi connectivity index (χ1v) is 10.3. The first kappa shape index (κ1) is 18.2. The molecule has 1 spiro atoms. The molecule has 0 radical (unpaired) electrons. The molecule has 2 amide bonds. The van der Waals surface area contributed by atoms with Crippen LogP contribution in [0.5, 0.6) is 5.75 Å². The van der Waals surface area contributed by atoms with Crippen LogP contribution in [0.4, 0.5) is 5.69 Å². The first-order valence-electron chi connectivity index (χ1n) is 10.3. The van der Waals surface area contributed by atoms with Gasteiger partial charge < -0.3 is 15.4 Å². The zero-order chi connectivity index (χ0) is 20.3. The highest BCUT2D eigenvalue weighted by atomic mass is 16.5. The van der Waals surface area contributed by atoms with Gasteiger partial charge in [0.15, 0.2) is 5.72 Å². The third-order valence-corrected chi connectivity index (χ3v) is 7.06. The Hall–Kier alpha value is -2.83. The Bertz CT molecular complexity index is 1010. The fourth-order valence-corrected chi connectivity index (χ4v) is 5.45. The van der Waals surface area contributed by atoms with Crippen LogP contribution in [-0.4, -0.2) is 27.3 Å². The molecule has 2 bridgehead atoms. The Morgan fingerprint density at radius 3 is 2.79 bits per heavy atom. The second kappa shape index (κ2) is 6.34. The molecule has 1 aromatic carbocycles. The second-order valence-electron chi connectivity index (χ2n) is 8.68. The van der Waals surface area contributed by atoms with E-state index in [2.05, 4.69) is 15.7 Å². The summed E-state index contributed by atoms with van der Waals surface area (Å²) in [5, 5.41) is 10.7. The summed E-state index contributed by atoms with van der Waals surface area (Å²) >= 11 is 0. The number of carbonyl (C=O) groups excluding carboxylic acids is 2. The minimum atomic E-state index is -0.689. The van der Waals surface area contributed by atoms with Gasteiger partial charge in [-0.15, -0.1) is 0 Å². The van der Waals surface area contributed by atoms with Crippen LogP contribution in [0.1, 0.15) is 47.4 Å². The summed E-state index contributed by atoms with van der Waals surface area (Å²) in [6, 6.07) is 7.38. The standard InChI is InChI=1S/C22H26N4O3/c1-12-19(13(2)26(3)25-12)23-20(27)17-10-15-9-8-14(17)11-22(15)24-21(28)16-6-4-5-7-18(16)29-22/h4-7,14-15,17H,8-11H2,1-3H3,(H,23,27)(H,24,28)/t14-,15-,17+,22+/m1/s1. The van der Waals surface area contributed by atoms with Crippen molar-refractivity contribution in [2.75, 3.05) is 5.32 Å². The summed E-state index contributed by atoms with van der Waals surface area (Å²) in [5.41, 5.74) is 2.48. The minimum Gasteiger partial charge on any atom is -0.467 e. The van der Waals surface area contributed by atoms with E-state index in [1.54, 1.807) is 10.7 Å². The van der Waals surface area contributed by atoms with Gasteiger partial charge in [-0.25, -0.2) is 0 Å². The average molecular weight is 394 g/mol. The molecule has 1 aliphatic heterocycles. The molecule has 2 N–H and O–H groups in total. The lowest BCUT2D eigenvalue weighted by Gasteiger charge is -2.55. The van der Waals surface area contributed by atoms with Crippen molar-refractivity contribution in [1.29, 1.82) is 0 Å². The van der Waals surface area contributed by atoms with Gasteiger partial charge in [-0.1, -0.05) is 12.1 Å². The number of para-hydroxylation sites is 1. The SMILES string of the molecule is Cc1nn(C)c(C)c1NC(=O)[C@H]1C[C@H]2CC[C@@H]1C[C@@]21NC(=O)c2ccccc2O1. The molecule has 1 aromatic heterocycles. The quantitative estimate of drug-likeness (QED) is 0.820. The Kier molecular flexibility index (Phi) is 3.98. The van der Waals surface area contributed by atoms with Crippen LogP contribution in [0.2, 0.25) is 0 Å². The van der Waals surface area contributed by atoms with E-state index < -0.39 is 5.72 Å². The van der Waals surface area contributed by atoms with Crippen LogP contribution < -0.4 is 15.4 Å². The zero-order valence-corrected chi connectivity index (χ0v) is 17.0. The van der Waals surface area contributed by atoms with Gasteiger partial charge >= 0.3 is 0 Å². The van der Waals surface area contributed by atoms with E-state index in [9.17, 15) is 9.59 Å². The highest BCUT2D eigenvalue weighted by Crippen LogP contribution is 2.52. The number of hydrogen-bond donors (Lipinski definition) is 2. The largest absolute Gasteiger partial charge is 0.467 e. The summed E-state index contributed by atoms with van der Waals surface area (Å²) < 4.78 is 8.16. The van der Waals surface area contributed by atoms with Gasteiger partial charge in [-0.2, -0.15) is 5.10 Å². The molecule has 2 heterocycles. The highest BCUT2D eigenvalue weighted by molar-refractivity contribution is 5.98. The number of nitrogens with zero attached hydrogens (tertiary/aromatic N) is 2. The fraction of sp³-hybridized carbons (Fsp3) is 0.500. The van der Waals surface area contributed by atoms with Gasteiger partial charge in [0, 0.05) is 25.3 Å². The lowest BCUT2D eigenvalue weighted by Crippen LogP contribution is -2.66. The molecule has 29 heavy (non-hydrogen) atoms. The topological polar surface area (TPSA) is 85.3 Å². The van der Waals surface area contributed by atoms with Crippen LogP contribution in [0.15, 0.2) is 24.3 Å². The summed E-state index contributed by atoms with van der Waals surface area (Å²) in [5.74, 6) is 0.847. The van der Waals surface area contributed by atoms with Gasteiger partial charge in [0.05, 0.1) is 22.6 Å². The molecule has 4 atom stereocenters. The number of ether oxygens (including phenoxy) is 1. The summed E-state index contributed by atoms with van der Waals surface area (Å²) in [6.45, 7) is 3.87. The lowest BCUT2D eigenvalue weighted by atomic mass is 9.60. The number of carbonyl (C=O) groups is 2. The molecule has 152 valence electrons. The van der Waals surface area contributed by atoms with E-state index in [1.807, 2.05) is 39.1 Å². The maximum Gasteiger partial charge on any atom is 0.258 e. The number of rotatable bonds is 2. The van der Waals surface area contributed by atoms with E-state index in [1.165, 1.54) is 0 Å². The first-order chi connectivity index (χ1) is 13.9. The number of nitrogens with one attached hydrogen (secondary N) is 2. The number of aryl methyl sites for hydroxylation is 2. The van der Waals surface area contributed by atoms with Gasteiger partial charge in [-0.3, -0.25) is 14.3 Å². The number of benzene rings is 1. The van der Waals surface area contributed by atoms with E-state index in [4.69, 9.17) is 4.74 Å². The summed E-state index contributed by atoms with van der Waals surface area (Å²) in [7, 11) is 1.88. The Morgan fingerprint density at radius 1 is 1.31 bits per heavy atom. The molecular formula is C22H26N4O3. The van der Waals surface area contributed by atoms with E-state index in [0.29, 0.717) is 17.7 Å². The number of aromatic nitrogens is 2. The van der Waals surface area contributed by atoms with Crippen LogP contribution in [0.3, 0.4) is 0 Å². The second-order valence-corrected chi connectivity index (χ2v) is 8.68. The Morgan fingerprint density at radius 2 is 2.10 bits per heavy atom. The van der Waals surface area contributed by atoms with Gasteiger partial charge in [0.2, 0.25) is 5.91 Å². The Balaban J connectivity index is 1.37. The third-order valence-electron chi connectivity index (χ3n) is 7.06. The molecule has 3 saturated carbocycles. The van der Waals surface area contributed by atoms with E-state index >= 15 is 0 Å². The molecule has 7 heteroatoms. The summed E-state index contributed by atoms with van der Waals surface area (Å²) in [6.07, 6.45) is 3.33. The normalized spacial score (nSPS) is 29.9. The number of anilines is 1. The molecule has 0 saturated heterocycles. The molecule has 0 unspecified atom stereocenters. The molecule has 4 aliphatic rings. The van der Waals surface area contributed by atoms with Crippen molar-refractivity contribution < 1.29 is 14.3 Å². The van der Waals surface area contributed by atoms with Gasteiger partial charge in [-0.05, 0) is 51.2 Å². The van der Waals surface area contributed by atoms with Gasteiger partial charge in [0.25, 0.3) is 5.91 Å². The van der Waals surface area contributed by atoms with Crippen LogP contribution in [0.25, 0.3) is 0 Å². The van der Waals surface area contributed by atoms with Crippen molar-refractivity contribution in [3.63, 3.8) is 0 Å². The molecule has 7 nitrogen and oxygen atoms in total. The van der Waals surface area contributed by atoms with Crippen molar-refractivity contribution in [2.45, 2.75) is 45.3 Å². The zero-order valence-electron chi connectivity index (χ0n) is 17.0.